The molecule has 132 valence electrons. The molecule has 0 bridgehead atoms. The number of hydrogen-bond donors (Lipinski definition) is 1. The van der Waals surface area contributed by atoms with E-state index in [2.05, 4.69) is 14.9 Å². The van der Waals surface area contributed by atoms with Crippen molar-refractivity contribution in [1.82, 2.24) is 14.9 Å². The Balaban J connectivity index is 1.67. The molecule has 3 rings (SSSR count). The molecule has 0 aliphatic carbocycles. The first kappa shape index (κ1) is 17.0. The Labute approximate surface area is 144 Å². The highest BCUT2D eigenvalue weighted by molar-refractivity contribution is 5.53. The van der Waals surface area contributed by atoms with Gasteiger partial charge in [0, 0.05) is 37.8 Å². The van der Waals surface area contributed by atoms with Crippen LogP contribution in [-0.4, -0.2) is 46.0 Å². The van der Waals surface area contributed by atoms with E-state index in [0.29, 0.717) is 37.7 Å². The van der Waals surface area contributed by atoms with Crippen molar-refractivity contribution in [3.05, 3.63) is 52.0 Å². The van der Waals surface area contributed by atoms with Gasteiger partial charge in [-0.05, 0) is 13.0 Å². The van der Waals surface area contributed by atoms with Crippen LogP contribution in [0, 0.1) is 15.9 Å². The lowest BCUT2D eigenvalue weighted by molar-refractivity contribution is -0.384. The molecule has 8 nitrogen and oxygen atoms in total. The molecule has 0 radical (unpaired) electrons. The number of nitrogens with zero attached hydrogens (tertiary/aromatic N) is 5. The largest absolute Gasteiger partial charge is 0.378 e. The van der Waals surface area contributed by atoms with E-state index in [4.69, 9.17) is 5.73 Å². The second-order valence-corrected chi connectivity index (χ2v) is 5.92. The van der Waals surface area contributed by atoms with Gasteiger partial charge in [-0.25, -0.2) is 9.37 Å². The molecule has 1 atom stereocenters. The SMILES string of the molecule is C[C@@H](c1ccccc1F)N1CCN(c2ncc([N+](=O)[O-])c(N)n2)CC1. The van der Waals surface area contributed by atoms with E-state index in [1.165, 1.54) is 6.07 Å². The molecule has 1 saturated heterocycles. The number of halogens is 1. The molecule has 2 heterocycles. The molecule has 2 aromatic rings. The standard InChI is InChI=1S/C16H19FN6O2/c1-11(12-4-2-3-5-13(12)17)21-6-8-22(9-7-21)16-19-10-14(23(24)25)15(18)20-16/h2-5,10-11H,6-9H2,1H3,(H2,18,19,20)/t11-/m0/s1. The van der Waals surface area contributed by atoms with E-state index < -0.39 is 4.92 Å². The fraction of sp³-hybridized carbons (Fsp3) is 0.375. The molecular formula is C16H19FN6O2. The van der Waals surface area contributed by atoms with Crippen LogP contribution in [0.4, 0.5) is 21.8 Å². The molecule has 1 aromatic carbocycles. The minimum Gasteiger partial charge on any atom is -0.378 e. The summed E-state index contributed by atoms with van der Waals surface area (Å²) in [7, 11) is 0. The second kappa shape index (κ2) is 6.98. The Hall–Kier alpha value is -2.81. The molecule has 2 N–H and O–H groups in total. The number of benzene rings is 1. The molecule has 0 saturated carbocycles. The highest BCUT2D eigenvalue weighted by Gasteiger charge is 2.25. The van der Waals surface area contributed by atoms with Crippen molar-refractivity contribution in [3.63, 3.8) is 0 Å². The van der Waals surface area contributed by atoms with E-state index in [0.717, 1.165) is 6.20 Å². The van der Waals surface area contributed by atoms with Gasteiger partial charge < -0.3 is 10.6 Å². The quantitative estimate of drug-likeness (QED) is 0.667. The van der Waals surface area contributed by atoms with Gasteiger partial charge in [0.25, 0.3) is 0 Å². The van der Waals surface area contributed by atoms with Gasteiger partial charge in [0.05, 0.1) is 4.92 Å². The van der Waals surface area contributed by atoms with Crippen molar-refractivity contribution in [3.8, 4) is 0 Å². The van der Waals surface area contributed by atoms with Crippen molar-refractivity contribution in [1.29, 1.82) is 0 Å². The van der Waals surface area contributed by atoms with Crippen molar-refractivity contribution in [2.45, 2.75) is 13.0 Å². The molecule has 1 aliphatic rings. The molecule has 25 heavy (non-hydrogen) atoms. The number of aromatic nitrogens is 2. The van der Waals surface area contributed by atoms with Gasteiger partial charge in [0.2, 0.25) is 11.8 Å². The van der Waals surface area contributed by atoms with Gasteiger partial charge in [0.15, 0.2) is 0 Å². The summed E-state index contributed by atoms with van der Waals surface area (Å²) in [6.07, 6.45) is 1.13. The average Bonchev–Trinajstić information content (AvgIpc) is 2.61. The Morgan fingerprint density at radius 3 is 2.56 bits per heavy atom. The van der Waals surface area contributed by atoms with Crippen LogP contribution < -0.4 is 10.6 Å². The molecule has 0 amide bonds. The van der Waals surface area contributed by atoms with Gasteiger partial charge in [-0.3, -0.25) is 15.0 Å². The van der Waals surface area contributed by atoms with Gasteiger partial charge in [-0.15, -0.1) is 0 Å². The zero-order chi connectivity index (χ0) is 18.0. The Kier molecular flexibility index (Phi) is 4.75. The fourth-order valence-electron chi connectivity index (χ4n) is 2.99. The molecular weight excluding hydrogens is 327 g/mol. The predicted molar refractivity (Wildman–Crippen MR) is 91.7 cm³/mol. The summed E-state index contributed by atoms with van der Waals surface area (Å²) in [6, 6.07) is 6.74. The Morgan fingerprint density at radius 2 is 1.96 bits per heavy atom. The van der Waals surface area contributed by atoms with E-state index in [1.54, 1.807) is 12.1 Å². The smallest absolute Gasteiger partial charge is 0.329 e. The Morgan fingerprint density at radius 1 is 1.28 bits per heavy atom. The van der Waals surface area contributed by atoms with E-state index >= 15 is 0 Å². The second-order valence-electron chi connectivity index (χ2n) is 5.92. The monoisotopic (exact) mass is 346 g/mol. The summed E-state index contributed by atoms with van der Waals surface area (Å²) in [6.45, 7) is 4.66. The number of rotatable bonds is 4. The first-order valence-electron chi connectivity index (χ1n) is 7.97. The lowest BCUT2D eigenvalue weighted by Gasteiger charge is -2.38. The minimum atomic E-state index is -0.604. The number of piperazine rings is 1. The summed E-state index contributed by atoms with van der Waals surface area (Å²) in [5.41, 5.74) is 6.00. The fourth-order valence-corrected chi connectivity index (χ4v) is 2.99. The van der Waals surface area contributed by atoms with Gasteiger partial charge in [-0.2, -0.15) is 4.98 Å². The minimum absolute atomic E-state index is 0.0359. The van der Waals surface area contributed by atoms with Crippen LogP contribution >= 0.6 is 0 Å². The zero-order valence-electron chi connectivity index (χ0n) is 13.8. The van der Waals surface area contributed by atoms with Crippen LogP contribution in [-0.2, 0) is 0 Å². The maximum Gasteiger partial charge on any atom is 0.329 e. The Bertz CT molecular complexity index is 779. The number of hydrogen-bond acceptors (Lipinski definition) is 7. The predicted octanol–water partition coefficient (Wildman–Crippen LogP) is 1.99. The number of anilines is 2. The van der Waals surface area contributed by atoms with Crippen molar-refractivity contribution in [2.75, 3.05) is 36.8 Å². The van der Waals surface area contributed by atoms with Crippen LogP contribution in [0.5, 0.6) is 0 Å². The maximum absolute atomic E-state index is 14.0. The van der Waals surface area contributed by atoms with E-state index in [1.807, 2.05) is 17.9 Å². The van der Waals surface area contributed by atoms with Crippen molar-refractivity contribution >= 4 is 17.5 Å². The first-order chi connectivity index (χ1) is 12.0. The summed E-state index contributed by atoms with van der Waals surface area (Å²) < 4.78 is 14.0. The summed E-state index contributed by atoms with van der Waals surface area (Å²) in [4.78, 5) is 22.4. The molecule has 0 unspecified atom stereocenters. The number of nitro groups is 1. The lowest BCUT2D eigenvalue weighted by atomic mass is 10.1. The number of nitrogens with two attached hydrogens (primary N) is 1. The van der Waals surface area contributed by atoms with Crippen LogP contribution in [0.2, 0.25) is 0 Å². The third-order valence-electron chi connectivity index (χ3n) is 4.48. The third-order valence-corrected chi connectivity index (χ3v) is 4.48. The van der Waals surface area contributed by atoms with Gasteiger partial charge in [-0.1, -0.05) is 18.2 Å². The molecule has 1 fully saturated rings. The van der Waals surface area contributed by atoms with Crippen LogP contribution in [0.15, 0.2) is 30.5 Å². The highest BCUT2D eigenvalue weighted by atomic mass is 19.1. The molecule has 1 aliphatic heterocycles. The van der Waals surface area contributed by atoms with Crippen LogP contribution in [0.3, 0.4) is 0 Å². The summed E-state index contributed by atoms with van der Waals surface area (Å²) in [5, 5.41) is 10.8. The maximum atomic E-state index is 14.0. The highest BCUT2D eigenvalue weighted by Crippen LogP contribution is 2.25. The normalized spacial score (nSPS) is 16.6. The van der Waals surface area contributed by atoms with Crippen LogP contribution in [0.25, 0.3) is 0 Å². The topological polar surface area (TPSA) is 101 Å². The molecule has 1 aromatic heterocycles. The average molecular weight is 346 g/mol. The van der Waals surface area contributed by atoms with Gasteiger partial charge in [0.1, 0.15) is 12.0 Å². The number of nitrogen functional groups attached to an aromatic ring is 1. The van der Waals surface area contributed by atoms with Gasteiger partial charge >= 0.3 is 5.69 Å². The molecule has 9 heteroatoms. The summed E-state index contributed by atoms with van der Waals surface area (Å²) in [5.74, 6) is 0.0300. The van der Waals surface area contributed by atoms with E-state index in [9.17, 15) is 14.5 Å². The summed E-state index contributed by atoms with van der Waals surface area (Å²) >= 11 is 0. The van der Waals surface area contributed by atoms with Crippen LogP contribution in [0.1, 0.15) is 18.5 Å². The van der Waals surface area contributed by atoms with Crippen molar-refractivity contribution in [2.24, 2.45) is 0 Å². The first-order valence-corrected chi connectivity index (χ1v) is 7.97. The zero-order valence-corrected chi connectivity index (χ0v) is 13.8. The lowest BCUT2D eigenvalue weighted by Crippen LogP contribution is -2.47. The third kappa shape index (κ3) is 3.50. The van der Waals surface area contributed by atoms with Crippen molar-refractivity contribution < 1.29 is 9.31 Å². The molecule has 0 spiro atoms. The van der Waals surface area contributed by atoms with E-state index in [-0.39, 0.29) is 23.4 Å².